The van der Waals surface area contributed by atoms with Crippen molar-refractivity contribution in [1.29, 1.82) is 0 Å². The molecule has 23 heavy (non-hydrogen) atoms. The third-order valence-corrected chi connectivity index (χ3v) is 4.10. The third-order valence-electron chi connectivity index (χ3n) is 3.46. The van der Waals surface area contributed by atoms with Gasteiger partial charge in [-0.05, 0) is 24.6 Å². The molecule has 1 saturated heterocycles. The van der Waals surface area contributed by atoms with Crippen LogP contribution in [0.1, 0.15) is 22.5 Å². The van der Waals surface area contributed by atoms with E-state index >= 15 is 0 Å². The van der Waals surface area contributed by atoms with Gasteiger partial charge in [0.05, 0.1) is 11.2 Å². The van der Waals surface area contributed by atoms with Gasteiger partial charge in [-0.3, -0.25) is 4.79 Å². The van der Waals surface area contributed by atoms with E-state index in [2.05, 4.69) is 4.98 Å². The first-order chi connectivity index (χ1) is 10.2. The first-order valence-electron chi connectivity index (χ1n) is 6.87. The van der Waals surface area contributed by atoms with Crippen LogP contribution >= 0.6 is 36.2 Å². The van der Waals surface area contributed by atoms with E-state index in [4.69, 9.17) is 10.5 Å². The molecule has 8 heteroatoms. The molecule has 2 aromatic rings. The first kappa shape index (κ1) is 19.7. The van der Waals surface area contributed by atoms with Gasteiger partial charge in [0.15, 0.2) is 0 Å². The number of likely N-dealkylation sites (tertiary alicyclic amines) is 1. The number of thiazole rings is 1. The number of carbonyl (C=O) groups is 1. The zero-order chi connectivity index (χ0) is 14.7. The number of nitrogens with zero attached hydrogens (tertiary/aromatic N) is 2. The zero-order valence-electron chi connectivity index (χ0n) is 12.4. The van der Waals surface area contributed by atoms with Gasteiger partial charge in [-0.2, -0.15) is 0 Å². The summed E-state index contributed by atoms with van der Waals surface area (Å²) in [5.74, 6) is 0.694. The van der Waals surface area contributed by atoms with Gasteiger partial charge in [-0.15, -0.1) is 36.2 Å². The zero-order valence-corrected chi connectivity index (χ0v) is 14.8. The van der Waals surface area contributed by atoms with Crippen molar-refractivity contribution in [2.75, 3.05) is 13.1 Å². The number of amides is 1. The van der Waals surface area contributed by atoms with E-state index in [9.17, 15) is 4.79 Å². The molecule has 126 valence electrons. The second-order valence-electron chi connectivity index (χ2n) is 5.10. The molecule has 1 aliphatic rings. The van der Waals surface area contributed by atoms with E-state index in [1.54, 1.807) is 16.5 Å². The van der Waals surface area contributed by atoms with Crippen LogP contribution in [0.5, 0.6) is 5.75 Å². The Labute approximate surface area is 151 Å². The lowest BCUT2D eigenvalue weighted by Gasteiger charge is -2.16. The van der Waals surface area contributed by atoms with Gasteiger partial charge in [-0.1, -0.05) is 6.07 Å². The lowest BCUT2D eigenvalue weighted by Crippen LogP contribution is -2.31. The lowest BCUT2D eigenvalue weighted by molar-refractivity contribution is 0.0790. The molecule has 1 fully saturated rings. The van der Waals surface area contributed by atoms with Gasteiger partial charge < -0.3 is 15.4 Å². The molecular weight excluding hydrogens is 357 g/mol. The van der Waals surface area contributed by atoms with Crippen LogP contribution in [0.4, 0.5) is 0 Å². The summed E-state index contributed by atoms with van der Waals surface area (Å²) in [6.45, 7) is 1.77. The molecule has 1 atom stereocenters. The van der Waals surface area contributed by atoms with Crippen molar-refractivity contribution < 1.29 is 9.53 Å². The average Bonchev–Trinajstić information content (AvgIpc) is 3.16. The van der Waals surface area contributed by atoms with E-state index < -0.39 is 0 Å². The van der Waals surface area contributed by atoms with Crippen molar-refractivity contribution in [1.82, 2.24) is 9.88 Å². The second-order valence-corrected chi connectivity index (χ2v) is 5.81. The van der Waals surface area contributed by atoms with Crippen molar-refractivity contribution >= 4 is 42.1 Å². The molecular formula is C15H19Cl2N3O2S. The number of halogens is 2. The minimum Gasteiger partial charge on any atom is -0.487 e. The van der Waals surface area contributed by atoms with E-state index in [0.29, 0.717) is 24.5 Å². The Kier molecular flexibility index (Phi) is 7.78. The third kappa shape index (κ3) is 5.07. The fourth-order valence-corrected chi connectivity index (χ4v) is 2.88. The highest BCUT2D eigenvalue weighted by molar-refractivity contribution is 7.07. The Bertz CT molecular complexity index is 625. The maximum Gasteiger partial charge on any atom is 0.254 e. The number of hydrogen-bond donors (Lipinski definition) is 1. The Morgan fingerprint density at radius 1 is 1.43 bits per heavy atom. The molecule has 1 unspecified atom stereocenters. The molecule has 2 heterocycles. The largest absolute Gasteiger partial charge is 0.487 e. The smallest absolute Gasteiger partial charge is 0.254 e. The number of ether oxygens (including phenoxy) is 1. The molecule has 5 nitrogen and oxygen atoms in total. The van der Waals surface area contributed by atoms with E-state index in [0.717, 1.165) is 18.7 Å². The minimum atomic E-state index is 0. The van der Waals surface area contributed by atoms with Crippen LogP contribution < -0.4 is 10.5 Å². The monoisotopic (exact) mass is 375 g/mol. The number of nitrogens with two attached hydrogens (primary N) is 1. The van der Waals surface area contributed by atoms with Crippen LogP contribution in [-0.4, -0.2) is 34.9 Å². The predicted molar refractivity (Wildman–Crippen MR) is 95.9 cm³/mol. The summed E-state index contributed by atoms with van der Waals surface area (Å²) in [6.07, 6.45) is 0.867. The van der Waals surface area contributed by atoms with E-state index in [1.807, 2.05) is 23.6 Å². The fraction of sp³-hybridized carbons (Fsp3) is 0.333. The van der Waals surface area contributed by atoms with E-state index in [-0.39, 0.29) is 36.8 Å². The molecule has 0 saturated carbocycles. The number of rotatable bonds is 4. The van der Waals surface area contributed by atoms with E-state index in [1.165, 1.54) is 11.3 Å². The summed E-state index contributed by atoms with van der Waals surface area (Å²) >= 11 is 1.54. The van der Waals surface area contributed by atoms with Crippen LogP contribution in [0.2, 0.25) is 0 Å². The Balaban J connectivity index is 0.00000132. The quantitative estimate of drug-likeness (QED) is 0.891. The second kappa shape index (κ2) is 9.08. The average molecular weight is 376 g/mol. The molecule has 2 N–H and O–H groups in total. The van der Waals surface area contributed by atoms with Gasteiger partial charge in [-0.25, -0.2) is 4.98 Å². The molecule has 0 spiro atoms. The number of benzene rings is 1. The summed E-state index contributed by atoms with van der Waals surface area (Å²) in [5.41, 5.74) is 9.15. The Morgan fingerprint density at radius 2 is 2.26 bits per heavy atom. The van der Waals surface area contributed by atoms with Gasteiger partial charge in [0.2, 0.25) is 0 Å². The standard InChI is InChI=1S/C15H17N3O2S.2ClH/c16-12-4-5-18(7-12)15(19)11-2-1-3-14(6-11)20-8-13-9-21-10-17-13;;/h1-3,6,9-10,12H,4-5,7-8,16H2;2*1H. The van der Waals surface area contributed by atoms with Crippen molar-refractivity contribution in [3.8, 4) is 5.75 Å². The highest BCUT2D eigenvalue weighted by Gasteiger charge is 2.24. The SMILES string of the molecule is Cl.Cl.NC1CCN(C(=O)c2cccc(OCc3cscn3)c2)C1. The number of carbonyl (C=O) groups excluding carboxylic acids is 1. The Morgan fingerprint density at radius 3 is 2.91 bits per heavy atom. The van der Waals surface area contributed by atoms with Crippen LogP contribution in [0.25, 0.3) is 0 Å². The topological polar surface area (TPSA) is 68.5 Å². The maximum absolute atomic E-state index is 12.4. The molecule has 1 amide bonds. The molecule has 0 radical (unpaired) electrons. The molecule has 1 aromatic carbocycles. The van der Waals surface area contributed by atoms with Gasteiger partial charge in [0, 0.05) is 30.1 Å². The maximum atomic E-state index is 12.4. The summed E-state index contributed by atoms with van der Waals surface area (Å²) < 4.78 is 5.67. The van der Waals surface area contributed by atoms with Crippen molar-refractivity contribution in [3.63, 3.8) is 0 Å². The number of hydrogen-bond acceptors (Lipinski definition) is 5. The minimum absolute atomic E-state index is 0. The molecule has 1 aliphatic heterocycles. The highest BCUT2D eigenvalue weighted by atomic mass is 35.5. The summed E-state index contributed by atoms with van der Waals surface area (Å²) in [4.78, 5) is 18.3. The van der Waals surface area contributed by atoms with Crippen LogP contribution in [0.3, 0.4) is 0 Å². The molecule has 3 rings (SSSR count). The van der Waals surface area contributed by atoms with Crippen LogP contribution in [0, 0.1) is 0 Å². The molecule has 0 bridgehead atoms. The molecule has 1 aromatic heterocycles. The van der Waals surface area contributed by atoms with Gasteiger partial charge in [0.1, 0.15) is 12.4 Å². The lowest BCUT2D eigenvalue weighted by atomic mass is 10.2. The van der Waals surface area contributed by atoms with Gasteiger partial charge in [0.25, 0.3) is 5.91 Å². The first-order valence-corrected chi connectivity index (χ1v) is 7.81. The van der Waals surface area contributed by atoms with Crippen molar-refractivity contribution in [2.24, 2.45) is 5.73 Å². The normalized spacial score (nSPS) is 16.4. The summed E-state index contributed by atoms with van der Waals surface area (Å²) in [5, 5.41) is 1.95. The Hall–Kier alpha value is -1.34. The van der Waals surface area contributed by atoms with Crippen molar-refractivity contribution in [2.45, 2.75) is 19.1 Å². The highest BCUT2D eigenvalue weighted by Crippen LogP contribution is 2.18. The van der Waals surface area contributed by atoms with Gasteiger partial charge >= 0.3 is 0 Å². The van der Waals surface area contributed by atoms with Crippen LogP contribution in [0.15, 0.2) is 35.2 Å². The summed E-state index contributed by atoms with van der Waals surface area (Å²) in [6, 6.07) is 7.36. The molecule has 0 aliphatic carbocycles. The predicted octanol–water partition coefficient (Wildman–Crippen LogP) is 2.74. The van der Waals surface area contributed by atoms with Crippen LogP contribution in [-0.2, 0) is 6.61 Å². The number of aromatic nitrogens is 1. The van der Waals surface area contributed by atoms with Crippen molar-refractivity contribution in [3.05, 3.63) is 46.4 Å². The fourth-order valence-electron chi connectivity index (χ4n) is 2.34. The summed E-state index contributed by atoms with van der Waals surface area (Å²) in [7, 11) is 0.